The van der Waals surface area contributed by atoms with Gasteiger partial charge in [-0.2, -0.15) is 0 Å². The van der Waals surface area contributed by atoms with E-state index < -0.39 is 0 Å². The van der Waals surface area contributed by atoms with Crippen LogP contribution in [0.1, 0.15) is 11.5 Å². The van der Waals surface area contributed by atoms with Crippen LogP contribution in [0.25, 0.3) is 10.9 Å². The lowest BCUT2D eigenvalue weighted by Gasteiger charge is -2.01. The average molecular weight is 338 g/mol. The lowest BCUT2D eigenvalue weighted by atomic mass is 10.1. The van der Waals surface area contributed by atoms with Crippen LogP contribution in [0.2, 0.25) is 0 Å². The van der Waals surface area contributed by atoms with Crippen molar-refractivity contribution in [3.63, 3.8) is 0 Å². The first-order chi connectivity index (χ1) is 11.8. The van der Waals surface area contributed by atoms with Gasteiger partial charge in [0.25, 0.3) is 5.22 Å². The van der Waals surface area contributed by atoms with Gasteiger partial charge in [0.05, 0.1) is 11.9 Å². The number of hydrogen-bond acceptors (Lipinski definition) is 6. The van der Waals surface area contributed by atoms with Crippen molar-refractivity contribution in [1.82, 2.24) is 20.2 Å². The molecule has 2 aromatic heterocycles. The highest BCUT2D eigenvalue weighted by molar-refractivity contribution is 7.99. The number of nitrogens with zero attached hydrogens (tertiary/aromatic N) is 4. The number of aromatic nitrogens is 4. The van der Waals surface area contributed by atoms with Crippen LogP contribution in [0.3, 0.4) is 0 Å². The van der Waals surface area contributed by atoms with Gasteiger partial charge in [-0.05, 0) is 35.5 Å². The van der Waals surface area contributed by atoms with Gasteiger partial charge in [0.1, 0.15) is 17.2 Å². The number of para-hydroxylation sites is 1. The summed E-state index contributed by atoms with van der Waals surface area (Å²) in [5.74, 6) is 0.207. The van der Waals surface area contributed by atoms with Crippen molar-refractivity contribution in [2.24, 2.45) is 0 Å². The Labute approximate surface area is 141 Å². The highest BCUT2D eigenvalue weighted by Gasteiger charge is 2.12. The van der Waals surface area contributed by atoms with Gasteiger partial charge < -0.3 is 4.42 Å². The minimum Gasteiger partial charge on any atom is -0.415 e. The smallest absolute Gasteiger partial charge is 0.282 e. The molecule has 4 rings (SSSR count). The Morgan fingerprint density at radius 3 is 2.67 bits per heavy atom. The molecule has 0 aliphatic rings. The van der Waals surface area contributed by atoms with Crippen LogP contribution in [0.5, 0.6) is 0 Å². The van der Waals surface area contributed by atoms with E-state index in [1.54, 1.807) is 12.1 Å². The van der Waals surface area contributed by atoms with E-state index in [1.807, 2.05) is 24.3 Å². The molecule has 0 fully saturated rings. The van der Waals surface area contributed by atoms with Gasteiger partial charge in [0.2, 0.25) is 5.89 Å². The molecule has 0 amide bonds. The highest BCUT2D eigenvalue weighted by atomic mass is 32.2. The fraction of sp³-hybridized carbons (Fsp3) is 0.0588. The number of hydrogen-bond donors (Lipinski definition) is 0. The lowest BCUT2D eigenvalue weighted by Crippen LogP contribution is -1.88. The van der Waals surface area contributed by atoms with Crippen LogP contribution in [-0.2, 0) is 6.42 Å². The van der Waals surface area contributed by atoms with Gasteiger partial charge >= 0.3 is 0 Å². The summed E-state index contributed by atoms with van der Waals surface area (Å²) in [7, 11) is 0. The lowest BCUT2D eigenvalue weighted by molar-refractivity contribution is 0.420. The summed E-state index contributed by atoms with van der Waals surface area (Å²) in [5.41, 5.74) is 1.77. The summed E-state index contributed by atoms with van der Waals surface area (Å²) in [4.78, 5) is 8.52. The normalized spacial score (nSPS) is 11.0. The van der Waals surface area contributed by atoms with E-state index in [-0.39, 0.29) is 5.82 Å². The molecule has 118 valence electrons. The number of benzene rings is 2. The van der Waals surface area contributed by atoms with Gasteiger partial charge in [-0.15, -0.1) is 10.2 Å². The second-order valence-electron chi connectivity index (χ2n) is 5.06. The van der Waals surface area contributed by atoms with E-state index >= 15 is 0 Å². The average Bonchev–Trinajstić information content (AvgIpc) is 3.04. The number of halogens is 1. The minimum atomic E-state index is -0.267. The Morgan fingerprint density at radius 2 is 1.79 bits per heavy atom. The monoisotopic (exact) mass is 338 g/mol. The molecule has 0 spiro atoms. The van der Waals surface area contributed by atoms with Gasteiger partial charge in [-0.25, -0.2) is 14.4 Å². The Balaban J connectivity index is 1.55. The molecule has 0 bridgehead atoms. The SMILES string of the molecule is Fc1ccc(Cc2nnc(Sc3ncnc4ccccc34)o2)cc1. The van der Waals surface area contributed by atoms with Crippen LogP contribution in [-0.4, -0.2) is 20.2 Å². The Morgan fingerprint density at radius 1 is 0.958 bits per heavy atom. The van der Waals surface area contributed by atoms with E-state index in [0.29, 0.717) is 17.5 Å². The zero-order valence-electron chi connectivity index (χ0n) is 12.4. The highest BCUT2D eigenvalue weighted by Crippen LogP contribution is 2.30. The first kappa shape index (κ1) is 14.8. The van der Waals surface area contributed by atoms with Crippen molar-refractivity contribution >= 4 is 22.7 Å². The van der Waals surface area contributed by atoms with Crippen LogP contribution in [0.4, 0.5) is 4.39 Å². The van der Waals surface area contributed by atoms with Crippen molar-refractivity contribution in [3.8, 4) is 0 Å². The number of rotatable bonds is 4. The summed E-state index contributed by atoms with van der Waals surface area (Å²) in [6.07, 6.45) is 1.97. The molecular weight excluding hydrogens is 327 g/mol. The largest absolute Gasteiger partial charge is 0.415 e. The van der Waals surface area contributed by atoms with Crippen molar-refractivity contribution in [2.75, 3.05) is 0 Å². The van der Waals surface area contributed by atoms with Crippen LogP contribution in [0.15, 0.2) is 69.5 Å². The molecule has 5 nitrogen and oxygen atoms in total. The third-order valence-electron chi connectivity index (χ3n) is 3.41. The summed E-state index contributed by atoms with van der Waals surface area (Å²) in [6, 6.07) is 14.0. The standard InChI is InChI=1S/C17H11FN4OS/c18-12-7-5-11(6-8-12)9-15-21-22-17(23-15)24-16-13-3-1-2-4-14(13)19-10-20-16/h1-8,10H,9H2. The molecule has 0 radical (unpaired) electrons. The fourth-order valence-corrected chi connectivity index (χ4v) is 3.04. The molecule has 0 unspecified atom stereocenters. The van der Waals surface area contributed by atoms with E-state index in [1.165, 1.54) is 30.2 Å². The maximum atomic E-state index is 12.9. The molecule has 7 heteroatoms. The first-order valence-corrected chi connectivity index (χ1v) is 8.04. The predicted octanol–water partition coefficient (Wildman–Crippen LogP) is 3.89. The van der Waals surface area contributed by atoms with E-state index in [4.69, 9.17) is 4.42 Å². The number of fused-ring (bicyclic) bond motifs is 1. The second kappa shape index (κ2) is 6.37. The van der Waals surface area contributed by atoms with Crippen molar-refractivity contribution in [1.29, 1.82) is 0 Å². The third-order valence-corrected chi connectivity index (χ3v) is 4.27. The second-order valence-corrected chi connectivity index (χ2v) is 6.00. The quantitative estimate of drug-likeness (QED) is 0.526. The molecule has 0 N–H and O–H groups in total. The van der Waals surface area contributed by atoms with Crippen molar-refractivity contribution in [3.05, 3.63) is 72.1 Å². The fourth-order valence-electron chi connectivity index (χ4n) is 2.27. The van der Waals surface area contributed by atoms with Gasteiger partial charge in [-0.3, -0.25) is 0 Å². The summed E-state index contributed by atoms with van der Waals surface area (Å²) < 4.78 is 18.6. The summed E-state index contributed by atoms with van der Waals surface area (Å²) >= 11 is 1.30. The minimum absolute atomic E-state index is 0.267. The van der Waals surface area contributed by atoms with Crippen molar-refractivity contribution in [2.45, 2.75) is 16.7 Å². The Hall–Kier alpha value is -2.80. The third kappa shape index (κ3) is 3.11. The van der Waals surface area contributed by atoms with Crippen LogP contribution < -0.4 is 0 Å². The molecule has 0 atom stereocenters. The van der Waals surface area contributed by atoms with E-state index in [0.717, 1.165) is 21.5 Å². The zero-order chi connectivity index (χ0) is 16.4. The van der Waals surface area contributed by atoms with Crippen LogP contribution in [0, 0.1) is 5.82 Å². The first-order valence-electron chi connectivity index (χ1n) is 7.22. The van der Waals surface area contributed by atoms with Gasteiger partial charge in [-0.1, -0.05) is 30.3 Å². The molecule has 2 heterocycles. The molecule has 0 saturated heterocycles. The maximum Gasteiger partial charge on any atom is 0.282 e. The molecule has 0 saturated carbocycles. The van der Waals surface area contributed by atoms with E-state index in [2.05, 4.69) is 20.2 Å². The molecule has 2 aromatic carbocycles. The Bertz CT molecular complexity index is 982. The molecule has 0 aliphatic heterocycles. The van der Waals surface area contributed by atoms with Crippen molar-refractivity contribution < 1.29 is 8.81 Å². The Kier molecular flexibility index (Phi) is 3.92. The maximum absolute atomic E-state index is 12.9. The van der Waals surface area contributed by atoms with Gasteiger partial charge in [0, 0.05) is 5.39 Å². The molecule has 24 heavy (non-hydrogen) atoms. The zero-order valence-corrected chi connectivity index (χ0v) is 13.2. The topological polar surface area (TPSA) is 64.7 Å². The van der Waals surface area contributed by atoms with Crippen LogP contribution >= 0.6 is 11.8 Å². The molecule has 4 aromatic rings. The van der Waals surface area contributed by atoms with Gasteiger partial charge in [0.15, 0.2) is 0 Å². The summed E-state index contributed by atoms with van der Waals surface area (Å²) in [6.45, 7) is 0. The molecule has 0 aliphatic carbocycles. The van der Waals surface area contributed by atoms with E-state index in [9.17, 15) is 4.39 Å². The summed E-state index contributed by atoms with van der Waals surface area (Å²) in [5, 5.41) is 10.2. The predicted molar refractivity (Wildman–Crippen MR) is 87.2 cm³/mol. The molecular formula is C17H11FN4OS.